The Morgan fingerprint density at radius 1 is 1.69 bits per heavy atom. The minimum Gasteiger partial charge on any atom is -0.379 e. The van der Waals surface area contributed by atoms with Crippen molar-refractivity contribution in [2.75, 3.05) is 24.6 Å². The Balaban J connectivity index is 2.07. The first-order valence-electron chi connectivity index (χ1n) is 5.21. The van der Waals surface area contributed by atoms with Crippen molar-refractivity contribution in [3.63, 3.8) is 0 Å². The highest BCUT2D eigenvalue weighted by Crippen LogP contribution is 2.22. The van der Waals surface area contributed by atoms with E-state index in [2.05, 4.69) is 21.9 Å². The van der Waals surface area contributed by atoms with E-state index < -0.39 is 0 Å². The molecule has 0 bridgehead atoms. The predicted octanol–water partition coefficient (Wildman–Crippen LogP) is 0.619. The number of amides is 1. The number of hydrogen-bond donors (Lipinski definition) is 1. The van der Waals surface area contributed by atoms with Crippen molar-refractivity contribution in [1.29, 1.82) is 0 Å². The third kappa shape index (κ3) is 2.13. The van der Waals surface area contributed by atoms with Crippen LogP contribution < -0.4 is 5.73 Å². The summed E-state index contributed by atoms with van der Waals surface area (Å²) in [5, 5.41) is 7.44. The number of thioether (sulfide) groups is 1. The zero-order valence-corrected chi connectivity index (χ0v) is 9.87. The Bertz CT molecular complexity index is 381. The number of hydrogen-bond acceptors (Lipinski definition) is 6. The average molecular weight is 242 g/mol. The maximum atomic E-state index is 12.0. The summed E-state index contributed by atoms with van der Waals surface area (Å²) in [6.07, 6.45) is 1.06. The van der Waals surface area contributed by atoms with E-state index in [4.69, 9.17) is 5.73 Å². The number of carbonyl (C=O) groups is 1. The van der Waals surface area contributed by atoms with Gasteiger partial charge in [0.25, 0.3) is 5.91 Å². The molecule has 0 saturated carbocycles. The molecular formula is C9H14N4O2S. The van der Waals surface area contributed by atoms with Gasteiger partial charge in [0.1, 0.15) is 0 Å². The second-order valence-electron chi connectivity index (χ2n) is 3.65. The van der Waals surface area contributed by atoms with Gasteiger partial charge in [-0.2, -0.15) is 11.8 Å². The number of rotatable bonds is 2. The fraction of sp³-hybridized carbons (Fsp3) is 0.667. The molecule has 1 aromatic rings. The molecule has 1 aliphatic heterocycles. The molecule has 1 atom stereocenters. The minimum atomic E-state index is -0.183. The van der Waals surface area contributed by atoms with Gasteiger partial charge >= 0.3 is 0 Å². The second-order valence-corrected chi connectivity index (χ2v) is 5.06. The number of nitrogen functional groups attached to an aromatic ring is 1. The predicted molar refractivity (Wildman–Crippen MR) is 61.2 cm³/mol. The van der Waals surface area contributed by atoms with E-state index >= 15 is 0 Å². The van der Waals surface area contributed by atoms with Crippen LogP contribution in [0.1, 0.15) is 23.8 Å². The molecule has 0 spiro atoms. The molecule has 88 valence electrons. The molecule has 0 aromatic carbocycles. The number of nitrogens with zero attached hydrogens (tertiary/aromatic N) is 3. The smallest absolute Gasteiger partial charge is 0.280 e. The van der Waals surface area contributed by atoms with Crippen LogP contribution in [0.15, 0.2) is 4.63 Å². The van der Waals surface area contributed by atoms with Gasteiger partial charge in [0.15, 0.2) is 0 Å². The molecule has 2 rings (SSSR count). The van der Waals surface area contributed by atoms with E-state index in [9.17, 15) is 4.79 Å². The summed E-state index contributed by atoms with van der Waals surface area (Å²) in [6.45, 7) is 3.59. The van der Waals surface area contributed by atoms with Crippen LogP contribution in [0.3, 0.4) is 0 Å². The molecule has 2 N–H and O–H groups in total. The molecule has 0 radical (unpaired) electrons. The van der Waals surface area contributed by atoms with E-state index in [0.29, 0.717) is 5.25 Å². The summed E-state index contributed by atoms with van der Waals surface area (Å²) in [7, 11) is 0. The third-order valence-corrected chi connectivity index (χ3v) is 3.97. The van der Waals surface area contributed by atoms with Crippen molar-refractivity contribution in [3.8, 4) is 0 Å². The largest absolute Gasteiger partial charge is 0.379 e. The van der Waals surface area contributed by atoms with Gasteiger partial charge in [-0.25, -0.2) is 4.63 Å². The van der Waals surface area contributed by atoms with Gasteiger partial charge in [0, 0.05) is 24.1 Å². The van der Waals surface area contributed by atoms with Crippen LogP contribution in [0.5, 0.6) is 0 Å². The van der Waals surface area contributed by atoms with E-state index in [1.165, 1.54) is 0 Å². The molecule has 1 saturated heterocycles. The number of anilines is 1. The molecule has 1 aliphatic rings. The normalized spacial score (nSPS) is 21.1. The molecule has 6 nitrogen and oxygen atoms in total. The Kier molecular flexibility index (Phi) is 3.33. The van der Waals surface area contributed by atoms with Gasteiger partial charge in [-0.15, -0.1) is 0 Å². The van der Waals surface area contributed by atoms with Crippen LogP contribution in [-0.2, 0) is 0 Å². The van der Waals surface area contributed by atoms with E-state index in [1.54, 1.807) is 4.90 Å². The Labute approximate surface area is 97.5 Å². The fourth-order valence-electron chi connectivity index (χ4n) is 1.64. The zero-order chi connectivity index (χ0) is 11.5. The summed E-state index contributed by atoms with van der Waals surface area (Å²) >= 11 is 1.90. The quantitative estimate of drug-likeness (QED) is 0.818. The molecule has 1 fully saturated rings. The number of aromatic nitrogens is 2. The van der Waals surface area contributed by atoms with Crippen molar-refractivity contribution < 1.29 is 9.42 Å². The van der Waals surface area contributed by atoms with Gasteiger partial charge < -0.3 is 10.6 Å². The number of nitrogens with two attached hydrogens (primary N) is 1. The molecule has 0 aliphatic carbocycles. The van der Waals surface area contributed by atoms with E-state index in [1.807, 2.05) is 11.8 Å². The van der Waals surface area contributed by atoms with Gasteiger partial charge in [-0.05, 0) is 16.7 Å². The first kappa shape index (κ1) is 11.3. The molecule has 1 unspecified atom stereocenters. The standard InChI is InChI=1S/C9H14N4O2S/c1-2-6-5-13(3-4-16-6)9(14)7-8(10)12-15-11-7/h6H,2-5H2,1H3,(H2,10,12). The van der Waals surface area contributed by atoms with Crippen LogP contribution >= 0.6 is 11.8 Å². The Hall–Kier alpha value is -1.24. The zero-order valence-electron chi connectivity index (χ0n) is 9.05. The van der Waals surface area contributed by atoms with Gasteiger partial charge in [0.2, 0.25) is 11.5 Å². The molecule has 1 amide bonds. The molecule has 1 aromatic heterocycles. The fourth-order valence-corrected chi connectivity index (χ4v) is 2.82. The Morgan fingerprint density at radius 2 is 2.50 bits per heavy atom. The number of carbonyl (C=O) groups excluding carboxylic acids is 1. The average Bonchev–Trinajstić information content (AvgIpc) is 2.74. The maximum absolute atomic E-state index is 12.0. The lowest BCUT2D eigenvalue weighted by atomic mass is 10.2. The highest BCUT2D eigenvalue weighted by molar-refractivity contribution is 8.00. The SMILES string of the molecule is CCC1CN(C(=O)c2nonc2N)CCS1. The van der Waals surface area contributed by atoms with Crippen molar-refractivity contribution in [3.05, 3.63) is 5.69 Å². The summed E-state index contributed by atoms with van der Waals surface area (Å²) in [5.41, 5.74) is 5.62. The van der Waals surface area contributed by atoms with Crippen molar-refractivity contribution in [2.45, 2.75) is 18.6 Å². The highest BCUT2D eigenvalue weighted by atomic mass is 32.2. The summed E-state index contributed by atoms with van der Waals surface area (Å²) in [6, 6.07) is 0. The first-order valence-corrected chi connectivity index (χ1v) is 6.26. The second kappa shape index (κ2) is 4.73. The van der Waals surface area contributed by atoms with Crippen LogP contribution in [0.4, 0.5) is 5.82 Å². The van der Waals surface area contributed by atoms with Crippen LogP contribution in [-0.4, -0.2) is 45.2 Å². The first-order chi connectivity index (χ1) is 7.72. The van der Waals surface area contributed by atoms with E-state index in [-0.39, 0.29) is 17.4 Å². The highest BCUT2D eigenvalue weighted by Gasteiger charge is 2.27. The summed E-state index contributed by atoms with van der Waals surface area (Å²) < 4.78 is 4.43. The lowest BCUT2D eigenvalue weighted by molar-refractivity contribution is 0.0750. The summed E-state index contributed by atoms with van der Waals surface area (Å²) in [5.74, 6) is 0.837. The minimum absolute atomic E-state index is 0.0660. The third-order valence-electron chi connectivity index (χ3n) is 2.60. The van der Waals surface area contributed by atoms with Crippen molar-refractivity contribution in [1.82, 2.24) is 15.2 Å². The van der Waals surface area contributed by atoms with Crippen LogP contribution in [0, 0.1) is 0 Å². The van der Waals surface area contributed by atoms with Crippen molar-refractivity contribution >= 4 is 23.5 Å². The molecule has 7 heteroatoms. The lowest BCUT2D eigenvalue weighted by Gasteiger charge is -2.31. The lowest BCUT2D eigenvalue weighted by Crippen LogP contribution is -2.42. The monoisotopic (exact) mass is 242 g/mol. The molecular weight excluding hydrogens is 228 g/mol. The summed E-state index contributed by atoms with van der Waals surface area (Å²) in [4.78, 5) is 13.8. The van der Waals surface area contributed by atoms with Gasteiger partial charge in [-0.1, -0.05) is 6.92 Å². The van der Waals surface area contributed by atoms with Crippen LogP contribution in [0.25, 0.3) is 0 Å². The molecule has 2 heterocycles. The van der Waals surface area contributed by atoms with Gasteiger partial charge in [-0.3, -0.25) is 4.79 Å². The van der Waals surface area contributed by atoms with Crippen molar-refractivity contribution in [2.24, 2.45) is 0 Å². The van der Waals surface area contributed by atoms with Gasteiger partial charge in [0.05, 0.1) is 0 Å². The van der Waals surface area contributed by atoms with Crippen LogP contribution in [0.2, 0.25) is 0 Å². The molecule has 16 heavy (non-hydrogen) atoms. The maximum Gasteiger partial charge on any atom is 0.280 e. The topological polar surface area (TPSA) is 85.2 Å². The van der Waals surface area contributed by atoms with E-state index in [0.717, 1.165) is 25.3 Å². The Morgan fingerprint density at radius 3 is 3.12 bits per heavy atom.